The maximum Gasteiger partial charge on any atom is 0.161 e. The number of aromatic nitrogens is 3. The fraction of sp³-hybridized carbons (Fsp3) is 0.400. The SMILES string of the molecule is OC[C@@H]1CCCCC1Nc1cc(NCc2cccnc2)c2ncc(Br)n2c1. The Hall–Kier alpha value is -2.12. The van der Waals surface area contributed by atoms with Gasteiger partial charge in [0.25, 0.3) is 0 Å². The zero-order valence-electron chi connectivity index (χ0n) is 15.1. The fourth-order valence-electron chi connectivity index (χ4n) is 3.80. The molecule has 0 spiro atoms. The molecule has 1 aliphatic rings. The summed E-state index contributed by atoms with van der Waals surface area (Å²) in [6, 6.07) is 6.40. The number of halogens is 1. The number of nitrogens with one attached hydrogen (secondary N) is 2. The average molecular weight is 430 g/mol. The maximum atomic E-state index is 9.71. The van der Waals surface area contributed by atoms with Crippen molar-refractivity contribution >= 4 is 33.0 Å². The third kappa shape index (κ3) is 4.09. The number of hydrogen-bond donors (Lipinski definition) is 3. The highest BCUT2D eigenvalue weighted by Crippen LogP contribution is 2.30. The van der Waals surface area contributed by atoms with Gasteiger partial charge >= 0.3 is 0 Å². The molecule has 1 saturated carbocycles. The lowest BCUT2D eigenvalue weighted by atomic mass is 9.85. The zero-order valence-corrected chi connectivity index (χ0v) is 16.7. The summed E-state index contributed by atoms with van der Waals surface area (Å²) in [5.74, 6) is 0.312. The molecular weight excluding hydrogens is 406 g/mol. The first-order valence-corrected chi connectivity index (χ1v) is 10.2. The summed E-state index contributed by atoms with van der Waals surface area (Å²) >= 11 is 3.58. The normalized spacial score (nSPS) is 19.9. The number of aliphatic hydroxyl groups excluding tert-OH is 1. The Morgan fingerprint density at radius 2 is 2.15 bits per heavy atom. The Morgan fingerprint density at radius 3 is 2.96 bits per heavy atom. The van der Waals surface area contributed by atoms with Gasteiger partial charge in [0.2, 0.25) is 0 Å². The van der Waals surface area contributed by atoms with E-state index in [1.807, 2.05) is 22.9 Å². The van der Waals surface area contributed by atoms with Crippen molar-refractivity contribution in [3.8, 4) is 0 Å². The fourth-order valence-corrected chi connectivity index (χ4v) is 4.17. The summed E-state index contributed by atoms with van der Waals surface area (Å²) in [7, 11) is 0. The molecule has 0 aromatic carbocycles. The van der Waals surface area contributed by atoms with E-state index in [0.717, 1.165) is 40.0 Å². The van der Waals surface area contributed by atoms with E-state index in [0.29, 0.717) is 18.5 Å². The Balaban J connectivity index is 1.60. The number of anilines is 2. The monoisotopic (exact) mass is 429 g/mol. The Bertz CT molecular complexity index is 898. The molecule has 3 heterocycles. The lowest BCUT2D eigenvalue weighted by Crippen LogP contribution is -2.34. The van der Waals surface area contributed by atoms with Crippen LogP contribution in [0.1, 0.15) is 31.2 Å². The smallest absolute Gasteiger partial charge is 0.161 e. The van der Waals surface area contributed by atoms with Gasteiger partial charge in [-0.15, -0.1) is 0 Å². The van der Waals surface area contributed by atoms with Crippen LogP contribution in [0, 0.1) is 5.92 Å². The van der Waals surface area contributed by atoms with Crippen molar-refractivity contribution in [2.24, 2.45) is 5.92 Å². The van der Waals surface area contributed by atoms with Gasteiger partial charge in [-0.1, -0.05) is 18.9 Å². The Kier molecular flexibility index (Phi) is 5.59. The van der Waals surface area contributed by atoms with Crippen molar-refractivity contribution in [3.05, 3.63) is 53.2 Å². The molecule has 7 heteroatoms. The molecule has 1 fully saturated rings. The lowest BCUT2D eigenvalue weighted by molar-refractivity contribution is 0.178. The number of hydrogen-bond acceptors (Lipinski definition) is 5. The molecule has 3 aromatic rings. The highest BCUT2D eigenvalue weighted by molar-refractivity contribution is 9.10. The van der Waals surface area contributed by atoms with E-state index in [1.54, 1.807) is 6.20 Å². The Labute approximate surface area is 167 Å². The van der Waals surface area contributed by atoms with E-state index in [4.69, 9.17) is 0 Å². The zero-order chi connectivity index (χ0) is 18.6. The lowest BCUT2D eigenvalue weighted by Gasteiger charge is -2.31. The molecule has 4 rings (SSSR count). The predicted molar refractivity (Wildman–Crippen MR) is 111 cm³/mol. The van der Waals surface area contributed by atoms with Crippen LogP contribution in [0.4, 0.5) is 11.4 Å². The van der Waals surface area contributed by atoms with E-state index >= 15 is 0 Å². The van der Waals surface area contributed by atoms with Gasteiger partial charge < -0.3 is 15.7 Å². The molecule has 142 valence electrons. The van der Waals surface area contributed by atoms with Gasteiger partial charge in [-0.25, -0.2) is 4.98 Å². The van der Waals surface area contributed by atoms with Gasteiger partial charge in [0, 0.05) is 43.7 Å². The van der Waals surface area contributed by atoms with Gasteiger partial charge in [0.1, 0.15) is 4.60 Å². The molecule has 0 saturated heterocycles. The highest BCUT2D eigenvalue weighted by Gasteiger charge is 2.24. The second kappa shape index (κ2) is 8.27. The number of aliphatic hydroxyl groups is 1. The number of rotatable bonds is 6. The number of nitrogens with zero attached hydrogens (tertiary/aromatic N) is 3. The van der Waals surface area contributed by atoms with Gasteiger partial charge in [-0.3, -0.25) is 9.38 Å². The average Bonchev–Trinajstić information content (AvgIpc) is 3.08. The molecular formula is C20H24BrN5O. The quantitative estimate of drug-likeness (QED) is 0.550. The highest BCUT2D eigenvalue weighted by atomic mass is 79.9. The summed E-state index contributed by atoms with van der Waals surface area (Å²) in [5, 5.41) is 16.8. The van der Waals surface area contributed by atoms with Crippen LogP contribution in [0.25, 0.3) is 5.65 Å². The van der Waals surface area contributed by atoms with Crippen LogP contribution in [0.15, 0.2) is 47.6 Å². The summed E-state index contributed by atoms with van der Waals surface area (Å²) in [6.45, 7) is 0.918. The van der Waals surface area contributed by atoms with E-state index < -0.39 is 0 Å². The standard InChI is InChI=1S/C20H24BrN5O/c21-19-11-24-20-18(23-10-14-4-3-7-22-9-14)8-16(12-26(19)20)25-17-6-2-1-5-15(17)13-27/h3-4,7-9,11-12,15,17,23,25,27H,1-2,5-6,10,13H2/t15-,17?/m0/s1. The van der Waals surface area contributed by atoms with Gasteiger partial charge in [0.05, 0.1) is 17.6 Å². The minimum Gasteiger partial charge on any atom is -0.396 e. The van der Waals surface area contributed by atoms with Gasteiger partial charge in [-0.05, 0) is 46.5 Å². The van der Waals surface area contributed by atoms with Crippen molar-refractivity contribution in [1.82, 2.24) is 14.4 Å². The summed E-state index contributed by atoms with van der Waals surface area (Å²) in [4.78, 5) is 8.69. The molecule has 0 radical (unpaired) electrons. The van der Waals surface area contributed by atoms with Crippen molar-refractivity contribution in [3.63, 3.8) is 0 Å². The largest absolute Gasteiger partial charge is 0.396 e. The van der Waals surface area contributed by atoms with Crippen LogP contribution in [0.5, 0.6) is 0 Å². The van der Waals surface area contributed by atoms with Crippen molar-refractivity contribution < 1.29 is 5.11 Å². The van der Waals surface area contributed by atoms with Crippen LogP contribution in [-0.2, 0) is 6.54 Å². The second-order valence-electron chi connectivity index (χ2n) is 7.11. The predicted octanol–water partition coefficient (Wildman–Crippen LogP) is 4.07. The summed E-state index contributed by atoms with van der Waals surface area (Å²) in [5.41, 5.74) is 3.98. The third-order valence-corrected chi connectivity index (χ3v) is 5.85. The topological polar surface area (TPSA) is 74.5 Å². The Morgan fingerprint density at radius 1 is 1.26 bits per heavy atom. The summed E-state index contributed by atoms with van der Waals surface area (Å²) < 4.78 is 2.94. The van der Waals surface area contributed by atoms with Crippen LogP contribution in [0.3, 0.4) is 0 Å². The molecule has 3 aromatic heterocycles. The van der Waals surface area contributed by atoms with Crippen molar-refractivity contribution in [2.45, 2.75) is 38.3 Å². The number of pyridine rings is 2. The molecule has 0 aliphatic heterocycles. The van der Waals surface area contributed by atoms with Crippen molar-refractivity contribution in [2.75, 3.05) is 17.2 Å². The second-order valence-corrected chi connectivity index (χ2v) is 7.92. The van der Waals surface area contributed by atoms with E-state index in [9.17, 15) is 5.11 Å². The minimum absolute atomic E-state index is 0.237. The van der Waals surface area contributed by atoms with Gasteiger partial charge in [0.15, 0.2) is 5.65 Å². The first-order valence-electron chi connectivity index (χ1n) is 9.41. The van der Waals surface area contributed by atoms with Crippen LogP contribution in [0.2, 0.25) is 0 Å². The minimum atomic E-state index is 0.237. The van der Waals surface area contributed by atoms with Crippen molar-refractivity contribution in [1.29, 1.82) is 0 Å². The third-order valence-electron chi connectivity index (χ3n) is 5.26. The molecule has 2 atom stereocenters. The molecule has 1 unspecified atom stereocenters. The molecule has 0 bridgehead atoms. The molecule has 0 amide bonds. The number of fused-ring (bicyclic) bond motifs is 1. The summed E-state index contributed by atoms with van der Waals surface area (Å²) in [6.07, 6.45) is 12.1. The number of imidazole rings is 1. The van der Waals surface area contributed by atoms with E-state index in [-0.39, 0.29) is 6.61 Å². The first kappa shape index (κ1) is 18.3. The van der Waals surface area contributed by atoms with Gasteiger partial charge in [-0.2, -0.15) is 0 Å². The first-order chi connectivity index (χ1) is 13.2. The van der Waals surface area contributed by atoms with E-state index in [1.165, 1.54) is 12.8 Å². The molecule has 3 N–H and O–H groups in total. The molecule has 27 heavy (non-hydrogen) atoms. The van der Waals surface area contributed by atoms with Crippen LogP contribution >= 0.6 is 15.9 Å². The maximum absolute atomic E-state index is 9.71. The molecule has 6 nitrogen and oxygen atoms in total. The van der Waals surface area contributed by atoms with E-state index in [2.05, 4.69) is 54.9 Å². The molecule has 1 aliphatic carbocycles. The van der Waals surface area contributed by atoms with Crippen LogP contribution in [-0.4, -0.2) is 32.1 Å². The van der Waals surface area contributed by atoms with Crippen LogP contribution < -0.4 is 10.6 Å².